The summed E-state index contributed by atoms with van der Waals surface area (Å²) in [5, 5.41) is 0. The molecule has 0 rings (SSSR count). The molecule has 0 bridgehead atoms. The Labute approximate surface area is 114 Å². The first-order valence-corrected chi connectivity index (χ1v) is 7.85. The molecule has 0 saturated carbocycles. The average molecular weight is 258 g/mol. The van der Waals surface area contributed by atoms with Gasteiger partial charge in [0.05, 0.1) is 0 Å². The molecule has 0 radical (unpaired) electrons. The highest BCUT2D eigenvalue weighted by Crippen LogP contribution is 2.18. The van der Waals surface area contributed by atoms with Crippen LogP contribution in [0.1, 0.15) is 78.6 Å². The van der Waals surface area contributed by atoms with E-state index in [2.05, 4.69) is 20.8 Å². The Morgan fingerprint density at radius 3 is 1.06 bits per heavy atom. The zero-order valence-corrected chi connectivity index (χ0v) is 14.2. The zero-order valence-electron chi connectivity index (χ0n) is 12.8. The molecule has 0 fully saturated rings. The summed E-state index contributed by atoms with van der Waals surface area (Å²) in [6.45, 7) is 7.97. The van der Waals surface area contributed by atoms with Crippen LogP contribution in [0.25, 0.3) is 0 Å². The van der Waals surface area contributed by atoms with Crippen molar-refractivity contribution in [3.05, 3.63) is 0 Å². The maximum Gasteiger partial charge on any atom is 0.139 e. The predicted molar refractivity (Wildman–Crippen MR) is 89.9 cm³/mol. The Kier molecular flexibility index (Phi) is 19.2. The average Bonchev–Trinajstić information content (AvgIpc) is 2.29. The van der Waals surface area contributed by atoms with Crippen LogP contribution in [0.2, 0.25) is 19.0 Å². The lowest BCUT2D eigenvalue weighted by molar-refractivity contribution is 0.726. The van der Waals surface area contributed by atoms with E-state index in [1.54, 1.807) is 0 Å². The first kappa shape index (κ1) is 19.8. The van der Waals surface area contributed by atoms with Crippen LogP contribution < -0.4 is 0 Å². The number of hydrogen-bond acceptors (Lipinski definition) is 0. The maximum atomic E-state index is 2.31. The van der Waals surface area contributed by atoms with Crippen LogP contribution in [0, 0.1) is 0 Å². The molecule has 0 heterocycles. The lowest BCUT2D eigenvalue weighted by Crippen LogP contribution is -2.11. The molecule has 1 atom stereocenters. The van der Waals surface area contributed by atoms with Gasteiger partial charge in [0.15, 0.2) is 0 Å². The molecule has 0 aliphatic carbocycles. The van der Waals surface area contributed by atoms with Crippen molar-refractivity contribution in [1.29, 1.82) is 0 Å². The molecule has 0 aromatic heterocycles. The van der Waals surface area contributed by atoms with Crippen LogP contribution in [0.4, 0.5) is 0 Å². The molecule has 0 N–H and O–H groups in total. The summed E-state index contributed by atoms with van der Waals surface area (Å²) < 4.78 is 0. The van der Waals surface area contributed by atoms with Gasteiger partial charge < -0.3 is 0 Å². The fourth-order valence-corrected chi connectivity index (χ4v) is 2.48. The second-order valence-corrected chi connectivity index (χ2v) is 5.35. The van der Waals surface area contributed by atoms with Gasteiger partial charge in [-0.05, 0) is 0 Å². The minimum absolute atomic E-state index is 0. The van der Waals surface area contributed by atoms with Gasteiger partial charge in [0.2, 0.25) is 0 Å². The largest absolute Gasteiger partial charge is 0.153 e. The first-order chi connectivity index (χ1) is 7.85. The van der Waals surface area contributed by atoms with Gasteiger partial charge >= 0.3 is 0 Å². The highest BCUT2D eigenvalue weighted by molar-refractivity contribution is 6.92. The highest BCUT2D eigenvalue weighted by atomic mass is 31.0. The number of unbranched alkanes of at least 4 members (excludes halogenated alkanes) is 6. The lowest BCUT2D eigenvalue weighted by atomic mass is 9.41. The minimum atomic E-state index is 0. The molecule has 0 aliphatic rings. The summed E-state index contributed by atoms with van der Waals surface area (Å²) in [6, 6.07) is 0. The van der Waals surface area contributed by atoms with Gasteiger partial charge in [0, 0.05) is 0 Å². The van der Waals surface area contributed by atoms with Gasteiger partial charge in [-0.15, -0.1) is 0 Å². The van der Waals surface area contributed by atoms with E-state index < -0.39 is 0 Å². The van der Waals surface area contributed by atoms with Crippen molar-refractivity contribution in [2.75, 3.05) is 0 Å². The van der Waals surface area contributed by atoms with Crippen LogP contribution in [0.15, 0.2) is 0 Å². The number of hydrogen-bond donors (Lipinski definition) is 0. The highest BCUT2D eigenvalue weighted by Gasteiger charge is 2.11. The Hall–Kier alpha value is 0.495. The Balaban J connectivity index is 0. The van der Waals surface area contributed by atoms with Crippen molar-refractivity contribution in [1.82, 2.24) is 0 Å². The zero-order chi connectivity index (χ0) is 12.1. The van der Waals surface area contributed by atoms with Gasteiger partial charge in [-0.3, -0.25) is 0 Å². The predicted octanol–water partition coefficient (Wildman–Crippen LogP) is 6.11. The smallest absolute Gasteiger partial charge is 0.139 e. The summed E-state index contributed by atoms with van der Waals surface area (Å²) >= 11 is 0. The van der Waals surface area contributed by atoms with Gasteiger partial charge in [-0.2, -0.15) is 9.90 Å². The van der Waals surface area contributed by atoms with Gasteiger partial charge in [-0.1, -0.05) is 97.5 Å². The third kappa shape index (κ3) is 14.4. The van der Waals surface area contributed by atoms with E-state index in [0.29, 0.717) is 0 Å². The van der Waals surface area contributed by atoms with Crippen molar-refractivity contribution in [3.8, 4) is 0 Å². The third-order valence-corrected chi connectivity index (χ3v) is 3.65. The number of rotatable bonds is 12. The fourth-order valence-electron chi connectivity index (χ4n) is 2.48. The van der Waals surface area contributed by atoms with Crippen molar-refractivity contribution < 1.29 is 0 Å². The third-order valence-electron chi connectivity index (χ3n) is 3.65. The van der Waals surface area contributed by atoms with E-state index >= 15 is 0 Å². The molecular weight excluding hydrogens is 222 g/mol. The molecule has 0 amide bonds. The molecule has 17 heavy (non-hydrogen) atoms. The van der Waals surface area contributed by atoms with Gasteiger partial charge in [-0.25, -0.2) is 0 Å². The second-order valence-electron chi connectivity index (χ2n) is 5.35. The summed E-state index contributed by atoms with van der Waals surface area (Å²) in [4.78, 5) is 0. The van der Waals surface area contributed by atoms with Crippen LogP contribution >= 0.6 is 9.90 Å². The summed E-state index contributed by atoms with van der Waals surface area (Å²) in [7, 11) is 0. The normalized spacial score (nSPS) is 10.1. The Morgan fingerprint density at radius 1 is 0.529 bits per heavy atom. The van der Waals surface area contributed by atoms with E-state index in [1.165, 1.54) is 76.7 Å². The maximum absolute atomic E-state index is 2.31. The summed E-state index contributed by atoms with van der Waals surface area (Å²) in [5.41, 5.74) is 0. The van der Waals surface area contributed by atoms with E-state index in [1.807, 2.05) is 0 Å². The molecule has 104 valence electrons. The summed E-state index contributed by atoms with van der Waals surface area (Å²) in [5.74, 6) is 0. The van der Waals surface area contributed by atoms with E-state index in [4.69, 9.17) is 0 Å². The van der Waals surface area contributed by atoms with Crippen LogP contribution in [-0.2, 0) is 0 Å². The van der Waals surface area contributed by atoms with Crippen molar-refractivity contribution in [2.24, 2.45) is 0 Å². The lowest BCUT2D eigenvalue weighted by Gasteiger charge is -2.13. The van der Waals surface area contributed by atoms with E-state index in [0.717, 1.165) is 6.71 Å². The molecule has 0 nitrogen and oxygen atoms in total. The van der Waals surface area contributed by atoms with E-state index in [-0.39, 0.29) is 9.90 Å². The molecule has 0 spiro atoms. The molecule has 1 unspecified atom stereocenters. The monoisotopic (exact) mass is 258 g/mol. The molecular formula is C15H36BP. The van der Waals surface area contributed by atoms with Gasteiger partial charge in [0.25, 0.3) is 0 Å². The van der Waals surface area contributed by atoms with Crippen LogP contribution in [0.3, 0.4) is 0 Å². The van der Waals surface area contributed by atoms with Crippen molar-refractivity contribution >= 4 is 16.6 Å². The minimum Gasteiger partial charge on any atom is -0.153 e. The molecule has 0 aromatic carbocycles. The molecule has 0 saturated heterocycles. The Morgan fingerprint density at radius 2 is 0.824 bits per heavy atom. The van der Waals surface area contributed by atoms with Crippen molar-refractivity contribution in [2.45, 2.75) is 97.5 Å². The Bertz CT molecular complexity index is 104. The fraction of sp³-hybridized carbons (Fsp3) is 1.00. The van der Waals surface area contributed by atoms with Crippen LogP contribution in [-0.4, -0.2) is 6.71 Å². The first-order valence-electron chi connectivity index (χ1n) is 7.85. The van der Waals surface area contributed by atoms with E-state index in [9.17, 15) is 0 Å². The standard InChI is InChI=1S/C15H33B.H3P/c1-4-7-10-13-16(14-11-8-5-2)15-12-9-6-3;/h4-15H2,1-3H3;1H3. The molecule has 2 heteroatoms. The van der Waals surface area contributed by atoms with Gasteiger partial charge in [0.1, 0.15) is 6.71 Å². The quantitative estimate of drug-likeness (QED) is 0.225. The SMILES string of the molecule is CCCCCB(CCCCC)CCCCC.P. The molecule has 0 aromatic rings. The molecule has 0 aliphatic heterocycles. The van der Waals surface area contributed by atoms with Crippen LogP contribution in [0.5, 0.6) is 0 Å². The topological polar surface area (TPSA) is 0 Å². The second kappa shape index (κ2) is 16.5. The summed E-state index contributed by atoms with van der Waals surface area (Å²) in [6.07, 6.45) is 17.4. The van der Waals surface area contributed by atoms with Crippen molar-refractivity contribution in [3.63, 3.8) is 0 Å².